The van der Waals surface area contributed by atoms with Crippen molar-refractivity contribution in [2.45, 2.75) is 19.4 Å². The van der Waals surface area contributed by atoms with Gasteiger partial charge in [-0.25, -0.2) is 0 Å². The fourth-order valence-corrected chi connectivity index (χ4v) is 5.15. The van der Waals surface area contributed by atoms with Crippen LogP contribution < -0.4 is 5.32 Å². The summed E-state index contributed by atoms with van der Waals surface area (Å²) in [4.78, 5) is 34.6. The van der Waals surface area contributed by atoms with Crippen molar-refractivity contribution in [3.05, 3.63) is 64.0 Å². The molecule has 2 amide bonds. The minimum Gasteiger partial charge on any atom is -0.378 e. The number of rotatable bonds is 6. The van der Waals surface area contributed by atoms with Crippen LogP contribution in [0.3, 0.4) is 0 Å². The smallest absolute Gasteiger partial charge is 0.256 e. The van der Waals surface area contributed by atoms with Crippen LogP contribution in [0.1, 0.15) is 29.1 Å². The third kappa shape index (κ3) is 6.13. The van der Waals surface area contributed by atoms with E-state index in [9.17, 15) is 9.59 Å². The van der Waals surface area contributed by atoms with Crippen LogP contribution >= 0.6 is 23.2 Å². The standard InChI is InChI=1S/C26H27Cl2N5O4/c27-18-7-8-19(21(28)14-18)24-30-23(37-31-24)16-32-9-3-4-17(15-32)25(34)29-22-6-2-1-5-20(22)26(35)33-10-12-36-13-11-33/h1-2,5-8,14,17H,3-4,9-13,15-16H2,(H,29,34). The number of hydrogen-bond donors (Lipinski definition) is 1. The number of hydrogen-bond acceptors (Lipinski definition) is 7. The summed E-state index contributed by atoms with van der Waals surface area (Å²) in [6.45, 7) is 3.91. The lowest BCUT2D eigenvalue weighted by Crippen LogP contribution is -2.42. The summed E-state index contributed by atoms with van der Waals surface area (Å²) >= 11 is 12.2. The van der Waals surface area contributed by atoms with Crippen LogP contribution in [-0.4, -0.2) is 71.1 Å². The number of ether oxygens (including phenoxy) is 1. The van der Waals surface area contributed by atoms with E-state index in [1.807, 2.05) is 12.1 Å². The number of nitrogens with zero attached hydrogens (tertiary/aromatic N) is 4. The minimum atomic E-state index is -0.228. The van der Waals surface area contributed by atoms with E-state index in [4.69, 9.17) is 32.5 Å². The van der Waals surface area contributed by atoms with Crippen LogP contribution in [0.15, 0.2) is 47.0 Å². The number of benzene rings is 2. The molecule has 9 nitrogen and oxygen atoms in total. The first-order valence-electron chi connectivity index (χ1n) is 12.2. The molecule has 3 heterocycles. The van der Waals surface area contributed by atoms with Crippen LogP contribution in [0, 0.1) is 5.92 Å². The molecule has 0 radical (unpaired) electrons. The maximum absolute atomic E-state index is 13.2. The highest BCUT2D eigenvalue weighted by molar-refractivity contribution is 6.36. The van der Waals surface area contributed by atoms with Gasteiger partial charge in [0.25, 0.3) is 5.91 Å². The van der Waals surface area contributed by atoms with Gasteiger partial charge in [0.1, 0.15) is 0 Å². The number of halogens is 2. The van der Waals surface area contributed by atoms with Gasteiger partial charge in [0.05, 0.1) is 41.9 Å². The van der Waals surface area contributed by atoms with Crippen molar-refractivity contribution in [3.63, 3.8) is 0 Å². The largest absolute Gasteiger partial charge is 0.378 e. The van der Waals surface area contributed by atoms with Crippen molar-refractivity contribution in [1.29, 1.82) is 0 Å². The van der Waals surface area contributed by atoms with Gasteiger partial charge in [0, 0.05) is 30.2 Å². The third-order valence-electron chi connectivity index (χ3n) is 6.59. The second-order valence-corrected chi connectivity index (χ2v) is 9.99. The molecule has 11 heteroatoms. The molecule has 2 fully saturated rings. The molecule has 0 saturated carbocycles. The Hall–Kier alpha value is -2.98. The molecule has 194 valence electrons. The average molecular weight is 544 g/mol. The first-order chi connectivity index (χ1) is 18.0. The lowest BCUT2D eigenvalue weighted by molar-refractivity contribution is -0.121. The number of piperidine rings is 1. The van der Waals surface area contributed by atoms with Crippen molar-refractivity contribution in [3.8, 4) is 11.4 Å². The summed E-state index contributed by atoms with van der Waals surface area (Å²) < 4.78 is 10.8. The molecular formula is C26H27Cl2N5O4. The van der Waals surface area contributed by atoms with Gasteiger partial charge in [-0.15, -0.1) is 0 Å². The lowest BCUT2D eigenvalue weighted by Gasteiger charge is -2.31. The van der Waals surface area contributed by atoms with E-state index in [1.165, 1.54) is 0 Å². The van der Waals surface area contributed by atoms with E-state index >= 15 is 0 Å². The van der Waals surface area contributed by atoms with E-state index in [1.54, 1.807) is 35.2 Å². The van der Waals surface area contributed by atoms with Crippen molar-refractivity contribution in [2.24, 2.45) is 5.92 Å². The van der Waals surface area contributed by atoms with E-state index in [-0.39, 0.29) is 17.7 Å². The highest BCUT2D eigenvalue weighted by Crippen LogP contribution is 2.29. The second-order valence-electron chi connectivity index (χ2n) is 9.15. The van der Waals surface area contributed by atoms with Crippen LogP contribution in [0.25, 0.3) is 11.4 Å². The summed E-state index contributed by atoms with van der Waals surface area (Å²) in [5, 5.41) is 8.03. The molecule has 37 heavy (non-hydrogen) atoms. The Balaban J connectivity index is 1.22. The fraction of sp³-hybridized carbons (Fsp3) is 0.385. The van der Waals surface area contributed by atoms with Crippen molar-refractivity contribution in [1.82, 2.24) is 19.9 Å². The molecule has 0 bridgehead atoms. The first kappa shape index (κ1) is 25.7. The minimum absolute atomic E-state index is 0.0996. The zero-order valence-electron chi connectivity index (χ0n) is 20.2. The van der Waals surface area contributed by atoms with E-state index in [0.717, 1.165) is 19.4 Å². The van der Waals surface area contributed by atoms with Crippen molar-refractivity contribution >= 4 is 40.7 Å². The average Bonchev–Trinajstić information content (AvgIpc) is 3.37. The maximum Gasteiger partial charge on any atom is 0.256 e. The Morgan fingerprint density at radius 3 is 2.70 bits per heavy atom. The molecule has 0 aliphatic carbocycles. The maximum atomic E-state index is 13.2. The Labute approximate surface area is 224 Å². The normalized spacial score (nSPS) is 18.5. The molecule has 1 unspecified atom stereocenters. The molecule has 2 aliphatic rings. The topological polar surface area (TPSA) is 101 Å². The number of carbonyl (C=O) groups excluding carboxylic acids is 2. The number of carbonyl (C=O) groups is 2. The van der Waals surface area contributed by atoms with Gasteiger partial charge < -0.3 is 19.5 Å². The van der Waals surface area contributed by atoms with Gasteiger partial charge >= 0.3 is 0 Å². The van der Waals surface area contributed by atoms with Crippen LogP contribution in [0.2, 0.25) is 10.0 Å². The summed E-state index contributed by atoms with van der Waals surface area (Å²) in [6.07, 6.45) is 1.62. The summed E-state index contributed by atoms with van der Waals surface area (Å²) in [6, 6.07) is 12.3. The molecule has 1 aromatic heterocycles. The summed E-state index contributed by atoms with van der Waals surface area (Å²) in [5.41, 5.74) is 1.66. The molecule has 2 saturated heterocycles. The van der Waals surface area contributed by atoms with E-state index < -0.39 is 0 Å². The highest BCUT2D eigenvalue weighted by atomic mass is 35.5. The van der Waals surface area contributed by atoms with Gasteiger partial charge in [0.2, 0.25) is 17.6 Å². The van der Waals surface area contributed by atoms with E-state index in [2.05, 4.69) is 20.4 Å². The lowest BCUT2D eigenvalue weighted by atomic mass is 9.96. The van der Waals surface area contributed by atoms with Gasteiger partial charge in [-0.1, -0.05) is 40.5 Å². The molecular weight excluding hydrogens is 517 g/mol. The predicted molar refractivity (Wildman–Crippen MR) is 140 cm³/mol. The molecule has 2 aliphatic heterocycles. The predicted octanol–water partition coefficient (Wildman–Crippen LogP) is 4.37. The first-order valence-corrected chi connectivity index (χ1v) is 13.0. The monoisotopic (exact) mass is 543 g/mol. The van der Waals surface area contributed by atoms with Gasteiger partial charge in [0.15, 0.2) is 0 Å². The zero-order chi connectivity index (χ0) is 25.8. The number of morpholine rings is 1. The zero-order valence-corrected chi connectivity index (χ0v) is 21.7. The van der Waals surface area contributed by atoms with Crippen molar-refractivity contribution < 1.29 is 18.8 Å². The van der Waals surface area contributed by atoms with Crippen LogP contribution in [0.4, 0.5) is 5.69 Å². The molecule has 0 spiro atoms. The summed E-state index contributed by atoms with van der Waals surface area (Å²) in [5.74, 6) is 0.407. The quantitative estimate of drug-likeness (QED) is 0.492. The Kier molecular flexibility index (Phi) is 8.05. The number of para-hydroxylation sites is 1. The van der Waals surface area contributed by atoms with Crippen LogP contribution in [-0.2, 0) is 16.1 Å². The fourth-order valence-electron chi connectivity index (χ4n) is 4.65. The Morgan fingerprint density at radius 2 is 1.89 bits per heavy atom. The molecule has 3 aromatic rings. The molecule has 1 atom stereocenters. The van der Waals surface area contributed by atoms with Gasteiger partial charge in [-0.3, -0.25) is 14.5 Å². The number of likely N-dealkylation sites (tertiary alicyclic amines) is 1. The van der Waals surface area contributed by atoms with Gasteiger partial charge in [-0.2, -0.15) is 4.98 Å². The number of anilines is 1. The molecule has 2 aromatic carbocycles. The third-order valence-corrected chi connectivity index (χ3v) is 7.14. The van der Waals surface area contributed by atoms with Crippen LogP contribution in [0.5, 0.6) is 0 Å². The second kappa shape index (κ2) is 11.6. The SMILES string of the molecule is O=C(Nc1ccccc1C(=O)N1CCOCC1)C1CCCN(Cc2nc(-c3ccc(Cl)cc3Cl)no2)C1. The summed E-state index contributed by atoms with van der Waals surface area (Å²) in [7, 11) is 0. The number of amides is 2. The Bertz CT molecular complexity index is 1280. The molecule has 5 rings (SSSR count). The van der Waals surface area contributed by atoms with Gasteiger partial charge in [-0.05, 0) is 49.7 Å². The Morgan fingerprint density at radius 1 is 1.08 bits per heavy atom. The molecule has 1 N–H and O–H groups in total. The number of aromatic nitrogens is 2. The highest BCUT2D eigenvalue weighted by Gasteiger charge is 2.28. The van der Waals surface area contributed by atoms with Crippen molar-refractivity contribution in [2.75, 3.05) is 44.7 Å². The number of nitrogens with one attached hydrogen (secondary N) is 1. The van der Waals surface area contributed by atoms with E-state index in [0.29, 0.717) is 78.0 Å².